The van der Waals surface area contributed by atoms with E-state index in [4.69, 9.17) is 28.2 Å². The highest BCUT2D eigenvalue weighted by Crippen LogP contribution is 2.32. The Morgan fingerprint density at radius 2 is 1.91 bits per heavy atom. The minimum absolute atomic E-state index is 0. The number of piperidine rings is 2. The Bertz CT molecular complexity index is 1230. The summed E-state index contributed by atoms with van der Waals surface area (Å²) in [5.41, 5.74) is 2.24. The van der Waals surface area contributed by atoms with Crippen molar-refractivity contribution in [3.8, 4) is 6.07 Å². The number of nitriles is 1. The highest BCUT2D eigenvalue weighted by molar-refractivity contribution is 6.35. The molecule has 0 radical (unpaired) electrons. The summed E-state index contributed by atoms with van der Waals surface area (Å²) >= 11 is 12.6. The summed E-state index contributed by atoms with van der Waals surface area (Å²) in [5, 5.41) is 15.3. The number of likely N-dealkylation sites (tertiary alicyclic amines) is 1. The maximum atomic E-state index is 9.65. The Kier molecular flexibility index (Phi) is 8.07. The predicted molar refractivity (Wildman–Crippen MR) is 143 cm³/mol. The second-order valence-corrected chi connectivity index (χ2v) is 10.4. The monoisotopic (exact) mass is 533 g/mol. The summed E-state index contributed by atoms with van der Waals surface area (Å²) in [6.45, 7) is 8.68. The van der Waals surface area contributed by atoms with E-state index in [1.165, 1.54) is 32.4 Å². The van der Waals surface area contributed by atoms with Crippen LogP contribution in [0.4, 0.5) is 5.82 Å². The quantitative estimate of drug-likeness (QED) is 0.425. The zero-order valence-corrected chi connectivity index (χ0v) is 22.3. The van der Waals surface area contributed by atoms with Crippen molar-refractivity contribution in [2.24, 2.45) is 5.92 Å². The largest absolute Gasteiger partial charge is 0.355 e. The normalized spacial score (nSPS) is 22.0. The van der Waals surface area contributed by atoms with E-state index in [1.54, 1.807) is 23.0 Å². The van der Waals surface area contributed by atoms with Gasteiger partial charge in [-0.05, 0) is 62.9 Å². The zero-order valence-electron chi connectivity index (χ0n) is 20.0. The first-order valence-corrected chi connectivity index (χ1v) is 12.8. The van der Waals surface area contributed by atoms with Gasteiger partial charge in [0.2, 0.25) is 0 Å². The van der Waals surface area contributed by atoms with Gasteiger partial charge in [0, 0.05) is 29.2 Å². The number of aromatic nitrogens is 4. The van der Waals surface area contributed by atoms with Gasteiger partial charge in [-0.25, -0.2) is 14.6 Å². The lowest BCUT2D eigenvalue weighted by atomic mass is 9.91. The van der Waals surface area contributed by atoms with E-state index >= 15 is 0 Å². The van der Waals surface area contributed by atoms with Gasteiger partial charge in [0.15, 0.2) is 11.3 Å². The first-order valence-electron chi connectivity index (χ1n) is 12.1. The third-order valence-corrected chi connectivity index (χ3v) is 7.88. The average Bonchev–Trinajstić information content (AvgIpc) is 3.22. The van der Waals surface area contributed by atoms with Gasteiger partial charge in [0.1, 0.15) is 17.4 Å². The molecule has 3 aromatic rings. The van der Waals surface area contributed by atoms with E-state index in [-0.39, 0.29) is 24.1 Å². The van der Waals surface area contributed by atoms with Crippen LogP contribution >= 0.6 is 35.6 Å². The molecule has 4 heterocycles. The minimum atomic E-state index is -0.234. The van der Waals surface area contributed by atoms with Crippen LogP contribution in [0, 0.1) is 17.2 Å². The molecule has 2 aliphatic heterocycles. The van der Waals surface area contributed by atoms with Gasteiger partial charge in [0.25, 0.3) is 0 Å². The number of nitrogens with zero attached hydrogens (tertiary/aromatic N) is 7. The van der Waals surface area contributed by atoms with Gasteiger partial charge >= 0.3 is 0 Å². The van der Waals surface area contributed by atoms with Gasteiger partial charge < -0.3 is 4.90 Å². The van der Waals surface area contributed by atoms with Crippen molar-refractivity contribution < 1.29 is 0 Å². The number of fused-ring (bicyclic) bond motifs is 1. The van der Waals surface area contributed by atoms with Crippen LogP contribution in [-0.2, 0) is 0 Å². The second-order valence-electron chi connectivity index (χ2n) is 9.52. The third kappa shape index (κ3) is 5.08. The average molecular weight is 535 g/mol. The first-order chi connectivity index (χ1) is 16.5. The SMILES string of the molecule is C[C@@H]1CN(c2cnc3c(C#N)nn([C@H](C)c4ccc(Cl)cc4Cl)c3n2)CC[C@@H]1N1CCCCC1.Cl. The molecule has 35 heavy (non-hydrogen) atoms. The molecule has 3 atom stereocenters. The Morgan fingerprint density at radius 3 is 2.60 bits per heavy atom. The summed E-state index contributed by atoms with van der Waals surface area (Å²) in [7, 11) is 0. The topological polar surface area (TPSA) is 73.9 Å². The molecule has 2 aliphatic rings. The molecule has 0 unspecified atom stereocenters. The molecule has 0 bridgehead atoms. The maximum Gasteiger partial charge on any atom is 0.190 e. The third-order valence-electron chi connectivity index (χ3n) is 7.32. The fraction of sp³-hybridized carbons (Fsp3) is 0.520. The highest BCUT2D eigenvalue weighted by atomic mass is 35.5. The standard InChI is InChI=1S/C25H29Cl2N7.ClH/c1-16-15-33(11-8-22(16)32-9-4-3-5-10-32)23-14-29-24-21(13-28)31-34(25(24)30-23)17(2)19-7-6-18(26)12-20(19)27;/h6-7,12,14,16-17,22H,3-5,8-11,15H2,1-2H3;1H/t16-,17-,22+;/m1./s1. The molecule has 2 aromatic heterocycles. The van der Waals surface area contributed by atoms with Crippen molar-refractivity contribution in [2.75, 3.05) is 31.1 Å². The van der Waals surface area contributed by atoms with Crippen LogP contribution in [0.5, 0.6) is 0 Å². The molecule has 5 rings (SSSR count). The van der Waals surface area contributed by atoms with Gasteiger partial charge in [-0.1, -0.05) is 42.6 Å². The summed E-state index contributed by atoms with van der Waals surface area (Å²) in [5.74, 6) is 1.38. The lowest BCUT2D eigenvalue weighted by Gasteiger charge is -2.44. The van der Waals surface area contributed by atoms with Gasteiger partial charge in [-0.3, -0.25) is 4.90 Å². The van der Waals surface area contributed by atoms with E-state index in [9.17, 15) is 5.26 Å². The van der Waals surface area contributed by atoms with Crippen molar-refractivity contribution >= 4 is 52.6 Å². The fourth-order valence-corrected chi connectivity index (χ4v) is 6.07. The molecule has 186 valence electrons. The van der Waals surface area contributed by atoms with Gasteiger partial charge in [0.05, 0.1) is 12.2 Å². The summed E-state index contributed by atoms with van der Waals surface area (Å²) < 4.78 is 1.75. The molecule has 7 nitrogen and oxygen atoms in total. The van der Waals surface area contributed by atoms with Crippen molar-refractivity contribution in [1.29, 1.82) is 5.26 Å². The van der Waals surface area contributed by atoms with Crippen molar-refractivity contribution in [3.63, 3.8) is 0 Å². The number of hydrogen-bond donors (Lipinski definition) is 0. The van der Waals surface area contributed by atoms with Crippen LogP contribution in [0.1, 0.15) is 56.8 Å². The van der Waals surface area contributed by atoms with Crippen LogP contribution in [0.2, 0.25) is 10.0 Å². The molecule has 2 fully saturated rings. The van der Waals surface area contributed by atoms with E-state index in [0.29, 0.717) is 33.2 Å². The number of rotatable bonds is 4. The van der Waals surface area contributed by atoms with Crippen molar-refractivity contribution in [3.05, 3.63) is 45.7 Å². The van der Waals surface area contributed by atoms with Crippen molar-refractivity contribution in [2.45, 2.75) is 51.6 Å². The van der Waals surface area contributed by atoms with E-state index < -0.39 is 0 Å². The van der Waals surface area contributed by atoms with Gasteiger partial charge in [-0.2, -0.15) is 10.4 Å². The van der Waals surface area contributed by atoms with Crippen LogP contribution in [-0.4, -0.2) is 56.9 Å². The molecule has 10 heteroatoms. The fourth-order valence-electron chi connectivity index (χ4n) is 5.50. The molecule has 0 spiro atoms. The number of hydrogen-bond acceptors (Lipinski definition) is 6. The highest BCUT2D eigenvalue weighted by Gasteiger charge is 2.32. The number of anilines is 1. The molecule has 0 N–H and O–H groups in total. The van der Waals surface area contributed by atoms with Crippen LogP contribution in [0.25, 0.3) is 11.2 Å². The molecule has 1 aromatic carbocycles. The Morgan fingerprint density at radius 1 is 1.14 bits per heavy atom. The number of halogens is 3. The van der Waals surface area contributed by atoms with Crippen LogP contribution < -0.4 is 4.90 Å². The molecule has 2 saturated heterocycles. The smallest absolute Gasteiger partial charge is 0.190 e. The molecule has 0 amide bonds. The van der Waals surface area contributed by atoms with E-state index in [1.807, 2.05) is 13.0 Å². The maximum absolute atomic E-state index is 9.65. The molecular weight excluding hydrogens is 505 g/mol. The molecule has 0 saturated carbocycles. The Balaban J connectivity index is 0.00000289. The summed E-state index contributed by atoms with van der Waals surface area (Å²) in [6.07, 6.45) is 6.90. The first kappa shape index (κ1) is 26.0. The van der Waals surface area contributed by atoms with Crippen LogP contribution in [0.3, 0.4) is 0 Å². The summed E-state index contributed by atoms with van der Waals surface area (Å²) in [6, 6.07) is 7.98. The van der Waals surface area contributed by atoms with Gasteiger partial charge in [-0.15, -0.1) is 12.4 Å². The summed E-state index contributed by atoms with van der Waals surface area (Å²) in [4.78, 5) is 14.6. The Hall–Kier alpha value is -2.11. The van der Waals surface area contributed by atoms with E-state index in [2.05, 4.69) is 32.9 Å². The minimum Gasteiger partial charge on any atom is -0.355 e. The number of benzene rings is 1. The van der Waals surface area contributed by atoms with Crippen molar-refractivity contribution in [1.82, 2.24) is 24.6 Å². The molecule has 0 aliphatic carbocycles. The zero-order chi connectivity index (χ0) is 23.8. The Labute approximate surface area is 222 Å². The lowest BCUT2D eigenvalue weighted by molar-refractivity contribution is 0.106. The van der Waals surface area contributed by atoms with E-state index in [0.717, 1.165) is 30.9 Å². The second kappa shape index (κ2) is 10.9. The van der Waals surface area contributed by atoms with Crippen LogP contribution in [0.15, 0.2) is 24.4 Å². The lowest BCUT2D eigenvalue weighted by Crippen LogP contribution is -2.51. The molecular formula is C25H30Cl3N7. The predicted octanol–water partition coefficient (Wildman–Crippen LogP) is 5.74.